The molecule has 5 nitrogen and oxygen atoms in total. The van der Waals surface area contributed by atoms with Crippen molar-refractivity contribution in [3.8, 4) is 0 Å². The SMILES string of the molecule is NCC1(c2cccc(Cl)c2)CCC(N(CCc2ccccc2)C(=O)c2cccnn2)CC1. The van der Waals surface area contributed by atoms with E-state index in [4.69, 9.17) is 17.3 Å². The Balaban J connectivity index is 1.53. The number of amides is 1. The van der Waals surface area contributed by atoms with Gasteiger partial charge in [0.15, 0.2) is 5.69 Å². The normalized spacial score (nSPS) is 20.6. The van der Waals surface area contributed by atoms with Crippen molar-refractivity contribution >= 4 is 17.5 Å². The second-order valence-electron chi connectivity index (χ2n) is 8.57. The Bertz CT molecular complexity index is 1020. The van der Waals surface area contributed by atoms with Crippen LogP contribution in [-0.4, -0.2) is 40.1 Å². The van der Waals surface area contributed by atoms with Crippen molar-refractivity contribution in [3.05, 3.63) is 94.8 Å². The molecule has 32 heavy (non-hydrogen) atoms. The molecule has 166 valence electrons. The standard InChI is InChI=1S/C26H29ClN4O/c27-22-9-4-8-21(18-22)26(19-28)14-11-23(12-15-26)31(17-13-20-6-2-1-3-7-20)25(32)24-10-5-16-29-30-24/h1-10,16,18,23H,11-15,17,19,28H2. The fourth-order valence-electron chi connectivity index (χ4n) is 4.80. The molecule has 0 saturated heterocycles. The smallest absolute Gasteiger partial charge is 0.274 e. The molecule has 2 aromatic carbocycles. The van der Waals surface area contributed by atoms with E-state index in [2.05, 4.69) is 28.4 Å². The first-order chi connectivity index (χ1) is 15.6. The highest BCUT2D eigenvalue weighted by atomic mass is 35.5. The van der Waals surface area contributed by atoms with Gasteiger partial charge in [0.25, 0.3) is 5.91 Å². The lowest BCUT2D eigenvalue weighted by atomic mass is 9.68. The molecule has 3 aromatic rings. The maximum Gasteiger partial charge on any atom is 0.274 e. The summed E-state index contributed by atoms with van der Waals surface area (Å²) in [7, 11) is 0. The van der Waals surface area contributed by atoms with Crippen molar-refractivity contribution in [1.29, 1.82) is 0 Å². The molecule has 4 rings (SSSR count). The number of carbonyl (C=O) groups excluding carboxylic acids is 1. The molecule has 1 saturated carbocycles. The van der Waals surface area contributed by atoms with Gasteiger partial charge in [-0.25, -0.2) is 0 Å². The van der Waals surface area contributed by atoms with E-state index in [1.165, 1.54) is 11.1 Å². The number of hydrogen-bond donors (Lipinski definition) is 1. The lowest BCUT2D eigenvalue weighted by molar-refractivity contribution is 0.0590. The van der Waals surface area contributed by atoms with Crippen LogP contribution in [0.25, 0.3) is 0 Å². The quantitative estimate of drug-likeness (QED) is 0.570. The van der Waals surface area contributed by atoms with Gasteiger partial charge in [-0.15, -0.1) is 5.10 Å². The van der Waals surface area contributed by atoms with E-state index < -0.39 is 0 Å². The highest BCUT2D eigenvalue weighted by Crippen LogP contribution is 2.41. The third-order valence-electron chi connectivity index (χ3n) is 6.72. The molecule has 0 atom stereocenters. The summed E-state index contributed by atoms with van der Waals surface area (Å²) < 4.78 is 0. The molecule has 1 aromatic heterocycles. The monoisotopic (exact) mass is 448 g/mol. The predicted molar refractivity (Wildman–Crippen MR) is 128 cm³/mol. The summed E-state index contributed by atoms with van der Waals surface area (Å²) in [5, 5.41) is 8.72. The summed E-state index contributed by atoms with van der Waals surface area (Å²) in [6.07, 6.45) is 6.02. The summed E-state index contributed by atoms with van der Waals surface area (Å²) in [5.41, 5.74) is 9.00. The minimum Gasteiger partial charge on any atom is -0.334 e. The number of halogens is 1. The van der Waals surface area contributed by atoms with E-state index in [1.54, 1.807) is 18.3 Å². The summed E-state index contributed by atoms with van der Waals surface area (Å²) in [5.74, 6) is -0.0537. The van der Waals surface area contributed by atoms with Crippen molar-refractivity contribution in [3.63, 3.8) is 0 Å². The topological polar surface area (TPSA) is 72.1 Å². The molecule has 1 aliphatic carbocycles. The molecule has 1 amide bonds. The minimum atomic E-state index is -0.0951. The number of aromatic nitrogens is 2. The number of nitrogens with two attached hydrogens (primary N) is 1. The summed E-state index contributed by atoms with van der Waals surface area (Å²) in [4.78, 5) is 15.4. The van der Waals surface area contributed by atoms with Crippen molar-refractivity contribution in [2.24, 2.45) is 5.73 Å². The lowest BCUT2D eigenvalue weighted by Crippen LogP contribution is -2.48. The van der Waals surface area contributed by atoms with Crippen LogP contribution in [-0.2, 0) is 11.8 Å². The van der Waals surface area contributed by atoms with E-state index in [1.807, 2.05) is 41.3 Å². The van der Waals surface area contributed by atoms with Crippen molar-refractivity contribution in [2.75, 3.05) is 13.1 Å². The zero-order valence-electron chi connectivity index (χ0n) is 18.2. The maximum absolute atomic E-state index is 13.4. The number of nitrogens with zero attached hydrogens (tertiary/aromatic N) is 3. The van der Waals surface area contributed by atoms with Crippen LogP contribution in [0.1, 0.15) is 47.3 Å². The molecule has 0 spiro atoms. The van der Waals surface area contributed by atoms with Crippen LogP contribution in [0.4, 0.5) is 0 Å². The van der Waals surface area contributed by atoms with Crippen LogP contribution in [0.3, 0.4) is 0 Å². The van der Waals surface area contributed by atoms with E-state index in [-0.39, 0.29) is 17.4 Å². The van der Waals surface area contributed by atoms with Gasteiger partial charge in [-0.05, 0) is 67.5 Å². The Morgan fingerprint density at radius 2 is 1.84 bits per heavy atom. The van der Waals surface area contributed by atoms with Gasteiger partial charge in [-0.1, -0.05) is 54.1 Å². The predicted octanol–water partition coefficient (Wildman–Crippen LogP) is 4.65. The first-order valence-corrected chi connectivity index (χ1v) is 11.6. The Labute approximate surface area is 194 Å². The van der Waals surface area contributed by atoms with Gasteiger partial charge in [-0.2, -0.15) is 5.10 Å². The first-order valence-electron chi connectivity index (χ1n) is 11.2. The van der Waals surface area contributed by atoms with Crippen LogP contribution >= 0.6 is 11.6 Å². The van der Waals surface area contributed by atoms with Gasteiger partial charge in [0.05, 0.1) is 0 Å². The van der Waals surface area contributed by atoms with Crippen LogP contribution < -0.4 is 5.73 Å². The molecule has 6 heteroatoms. The van der Waals surface area contributed by atoms with Gasteiger partial charge in [0, 0.05) is 35.8 Å². The van der Waals surface area contributed by atoms with Gasteiger partial charge in [-0.3, -0.25) is 4.79 Å². The number of rotatable bonds is 7. The van der Waals surface area contributed by atoms with Crippen LogP contribution in [0.15, 0.2) is 72.9 Å². The number of carbonyl (C=O) groups is 1. The molecule has 1 aliphatic rings. The zero-order chi connectivity index (χ0) is 22.4. The Kier molecular flexibility index (Phi) is 7.18. The fourth-order valence-corrected chi connectivity index (χ4v) is 4.99. The second kappa shape index (κ2) is 10.2. The number of hydrogen-bond acceptors (Lipinski definition) is 4. The van der Waals surface area contributed by atoms with E-state index in [0.717, 1.165) is 37.1 Å². The molecule has 1 heterocycles. The first kappa shape index (κ1) is 22.4. The molecule has 1 fully saturated rings. The van der Waals surface area contributed by atoms with Crippen molar-refractivity contribution in [2.45, 2.75) is 43.6 Å². The molecule has 2 N–H and O–H groups in total. The maximum atomic E-state index is 13.4. The highest BCUT2D eigenvalue weighted by Gasteiger charge is 2.39. The zero-order valence-corrected chi connectivity index (χ0v) is 18.9. The minimum absolute atomic E-state index is 0.0537. The summed E-state index contributed by atoms with van der Waals surface area (Å²) >= 11 is 6.26. The van der Waals surface area contributed by atoms with Gasteiger partial charge < -0.3 is 10.6 Å². The lowest BCUT2D eigenvalue weighted by Gasteiger charge is -2.43. The highest BCUT2D eigenvalue weighted by molar-refractivity contribution is 6.30. The summed E-state index contributed by atoms with van der Waals surface area (Å²) in [6.45, 7) is 1.22. The fraction of sp³-hybridized carbons (Fsp3) is 0.346. The molecular formula is C26H29ClN4O. The van der Waals surface area contributed by atoms with E-state index in [0.29, 0.717) is 18.8 Å². The average molecular weight is 449 g/mol. The Morgan fingerprint density at radius 3 is 2.50 bits per heavy atom. The molecule has 0 radical (unpaired) electrons. The van der Waals surface area contributed by atoms with E-state index in [9.17, 15) is 4.79 Å². The molecule has 0 aliphatic heterocycles. The Morgan fingerprint density at radius 1 is 1.06 bits per heavy atom. The second-order valence-corrected chi connectivity index (χ2v) is 9.01. The largest absolute Gasteiger partial charge is 0.334 e. The average Bonchev–Trinajstić information content (AvgIpc) is 2.85. The third kappa shape index (κ3) is 5.00. The molecular weight excluding hydrogens is 420 g/mol. The van der Waals surface area contributed by atoms with Crippen molar-refractivity contribution < 1.29 is 4.79 Å². The van der Waals surface area contributed by atoms with Crippen LogP contribution in [0.5, 0.6) is 0 Å². The Hall–Kier alpha value is -2.76. The van der Waals surface area contributed by atoms with Gasteiger partial charge >= 0.3 is 0 Å². The van der Waals surface area contributed by atoms with Crippen LogP contribution in [0, 0.1) is 0 Å². The molecule has 0 bridgehead atoms. The van der Waals surface area contributed by atoms with Gasteiger partial charge in [0.1, 0.15) is 0 Å². The molecule has 0 unspecified atom stereocenters. The summed E-state index contributed by atoms with van der Waals surface area (Å²) in [6, 6.07) is 22.0. The van der Waals surface area contributed by atoms with Crippen molar-refractivity contribution in [1.82, 2.24) is 15.1 Å². The number of benzene rings is 2. The van der Waals surface area contributed by atoms with Gasteiger partial charge in [0.2, 0.25) is 0 Å². The third-order valence-corrected chi connectivity index (χ3v) is 6.95. The van der Waals surface area contributed by atoms with Crippen LogP contribution in [0.2, 0.25) is 5.02 Å². The van der Waals surface area contributed by atoms with E-state index >= 15 is 0 Å².